The van der Waals surface area contributed by atoms with Crippen molar-refractivity contribution in [2.24, 2.45) is 10.4 Å². The van der Waals surface area contributed by atoms with E-state index in [-0.39, 0.29) is 25.4 Å². The third-order valence-corrected chi connectivity index (χ3v) is 14.9. The van der Waals surface area contributed by atoms with Crippen LogP contribution in [0.2, 0.25) is 0 Å². The van der Waals surface area contributed by atoms with Crippen LogP contribution in [0.15, 0.2) is 83.3 Å². The van der Waals surface area contributed by atoms with Gasteiger partial charge in [0.05, 0.1) is 46.9 Å². The van der Waals surface area contributed by atoms with Gasteiger partial charge in [-0.15, -0.1) is 32.9 Å². The molecule has 3 aromatic heterocycles. The van der Waals surface area contributed by atoms with Crippen molar-refractivity contribution >= 4 is 58.0 Å². The Kier molecular flexibility index (Phi) is 13.8. The number of fused-ring (bicyclic) bond motifs is 3. The highest BCUT2D eigenvalue weighted by Crippen LogP contribution is 2.40. The average molecular weight is 970 g/mol. The fourth-order valence-corrected chi connectivity index (χ4v) is 10.8. The second-order valence-electron chi connectivity index (χ2n) is 18.7. The fourth-order valence-electron chi connectivity index (χ4n) is 8.81. The van der Waals surface area contributed by atoms with E-state index in [0.29, 0.717) is 22.9 Å². The van der Waals surface area contributed by atoms with Gasteiger partial charge in [0.15, 0.2) is 5.82 Å². The molecule has 6 aromatic rings. The predicted octanol–water partition coefficient (Wildman–Crippen LogP) is 6.82. The largest absolute Gasteiger partial charge is 0.481 e. The molecule has 2 aliphatic rings. The molecule has 5 atom stereocenters. The Hall–Kier alpha value is -6.89. The van der Waals surface area contributed by atoms with E-state index in [1.807, 2.05) is 99.8 Å². The number of aromatic nitrogens is 4. The zero-order valence-corrected chi connectivity index (χ0v) is 41.3. The number of amides is 4. The number of thiophene rings is 1. The van der Waals surface area contributed by atoms with Crippen molar-refractivity contribution in [3.8, 4) is 26.6 Å². The van der Waals surface area contributed by atoms with Crippen molar-refractivity contribution < 1.29 is 34.2 Å². The van der Waals surface area contributed by atoms with Crippen LogP contribution in [-0.2, 0) is 19.2 Å². The van der Waals surface area contributed by atoms with Gasteiger partial charge in [-0.1, -0.05) is 81.4 Å². The highest BCUT2D eigenvalue weighted by molar-refractivity contribution is 7.15. The quantitative estimate of drug-likeness (QED) is 0.0813. The molecule has 0 radical (unpaired) electrons. The molecule has 5 heterocycles. The molecular weight excluding hydrogens is 915 g/mol. The summed E-state index contributed by atoms with van der Waals surface area (Å²) in [5, 5.41) is 38.4. The zero-order chi connectivity index (χ0) is 49.5. The van der Waals surface area contributed by atoms with Gasteiger partial charge in [-0.2, -0.15) is 0 Å². The number of thiazole rings is 1. The second-order valence-corrected chi connectivity index (χ2v) is 20.8. The molecule has 5 N–H and O–H groups in total. The number of nitrogens with one attached hydrogen (secondary N) is 3. The lowest BCUT2D eigenvalue weighted by Crippen LogP contribution is -2.58. The van der Waals surface area contributed by atoms with Gasteiger partial charge in [-0.05, 0) is 80.0 Å². The SMILES string of the molecule is Cc1ncsc1-c1ccc([C@H](C)NC(=O)[C@@H]2C[C@@H](O)CN2C(=O)[C@@H](NC(=O)CNC(=O)c2ccc(-c3ccc(C4=N[C@@H](CC(=O)O)c5nnc(C)n5-c5sc(C)c(C)c54)cc3)cc2)C(C)(C)C)cc1. The van der Waals surface area contributed by atoms with E-state index in [0.717, 1.165) is 59.4 Å². The summed E-state index contributed by atoms with van der Waals surface area (Å²) in [5.74, 6) is -1.85. The molecule has 18 heteroatoms. The van der Waals surface area contributed by atoms with Gasteiger partial charge in [-0.3, -0.25) is 33.5 Å². The van der Waals surface area contributed by atoms with Crippen LogP contribution in [-0.4, -0.2) is 101 Å². The van der Waals surface area contributed by atoms with Gasteiger partial charge in [0.2, 0.25) is 17.7 Å². The standard InChI is InChI=1S/C51H55N9O7S2/c1-26-29(4)69-50-42(26)43(55-38(22-41(63)64)46-58-57-30(5)60(46)50)34-15-11-32(12-16-34)33-13-19-36(20-14-33)47(65)52-23-40(62)56-45(51(6,7)8)49(67)59-24-37(61)21-39(59)48(66)54-27(2)31-9-17-35(18-10-31)44-28(3)53-25-68-44/h9-20,25,27,37-39,45,61H,21-24H2,1-8H3,(H,52,65)(H,54,66)(H,56,62)(H,63,64)/t27-,37+,38-,39-,45+/m0/s1. The number of carbonyl (C=O) groups excluding carboxylic acids is 4. The van der Waals surface area contributed by atoms with E-state index in [2.05, 4.69) is 31.1 Å². The van der Waals surface area contributed by atoms with E-state index < -0.39 is 65.8 Å². The first-order valence-corrected chi connectivity index (χ1v) is 24.4. The highest BCUT2D eigenvalue weighted by atomic mass is 32.1. The molecule has 8 rings (SSSR count). The third-order valence-electron chi connectivity index (χ3n) is 12.7. The van der Waals surface area contributed by atoms with Crippen LogP contribution in [0, 0.1) is 33.1 Å². The Morgan fingerprint density at radius 3 is 2.12 bits per heavy atom. The Labute approximate surface area is 407 Å². The number of carbonyl (C=O) groups is 5. The van der Waals surface area contributed by atoms with Crippen LogP contribution in [0.1, 0.15) is 107 Å². The summed E-state index contributed by atoms with van der Waals surface area (Å²) >= 11 is 3.15. The molecule has 0 spiro atoms. The molecule has 2 aliphatic heterocycles. The Balaban J connectivity index is 0.892. The number of benzene rings is 3. The van der Waals surface area contributed by atoms with Gasteiger partial charge in [0, 0.05) is 34.5 Å². The highest BCUT2D eigenvalue weighted by Gasteiger charge is 2.45. The van der Waals surface area contributed by atoms with Crippen LogP contribution in [0.25, 0.3) is 26.6 Å². The minimum absolute atomic E-state index is 0.0485. The lowest BCUT2D eigenvalue weighted by molar-refractivity contribution is -0.144. The number of hydrogen-bond acceptors (Lipinski definition) is 12. The van der Waals surface area contributed by atoms with E-state index in [9.17, 15) is 34.2 Å². The number of aliphatic hydroxyl groups excluding tert-OH is 1. The summed E-state index contributed by atoms with van der Waals surface area (Å²) in [4.78, 5) is 79.4. The second kappa shape index (κ2) is 19.6. The zero-order valence-electron chi connectivity index (χ0n) is 39.7. The van der Waals surface area contributed by atoms with Crippen LogP contribution in [0.4, 0.5) is 0 Å². The van der Waals surface area contributed by atoms with Crippen molar-refractivity contribution in [1.29, 1.82) is 0 Å². The summed E-state index contributed by atoms with van der Waals surface area (Å²) in [5.41, 5.74) is 9.35. The monoisotopic (exact) mass is 969 g/mol. The number of nitrogens with zero attached hydrogens (tertiary/aromatic N) is 6. The number of aliphatic carboxylic acids is 1. The van der Waals surface area contributed by atoms with Crippen molar-refractivity contribution in [3.05, 3.63) is 128 Å². The molecule has 0 bridgehead atoms. The Morgan fingerprint density at radius 2 is 1.49 bits per heavy atom. The first-order valence-electron chi connectivity index (χ1n) is 22.7. The maximum Gasteiger partial charge on any atom is 0.306 e. The van der Waals surface area contributed by atoms with Crippen molar-refractivity contribution in [2.75, 3.05) is 13.1 Å². The van der Waals surface area contributed by atoms with E-state index in [1.165, 1.54) is 4.90 Å². The Morgan fingerprint density at radius 1 is 0.855 bits per heavy atom. The minimum atomic E-state index is -1.07. The molecule has 69 heavy (non-hydrogen) atoms. The van der Waals surface area contributed by atoms with Crippen molar-refractivity contribution in [1.82, 2.24) is 40.6 Å². The number of aliphatic imine (C=N–C) groups is 1. The van der Waals surface area contributed by atoms with Crippen LogP contribution >= 0.6 is 22.7 Å². The molecular formula is C51H55N9O7S2. The lowest BCUT2D eigenvalue weighted by atomic mass is 9.85. The third kappa shape index (κ3) is 10.1. The smallest absolute Gasteiger partial charge is 0.306 e. The maximum atomic E-state index is 14.2. The topological polar surface area (TPSA) is 221 Å². The molecule has 16 nitrogen and oxygen atoms in total. The first-order chi connectivity index (χ1) is 32.8. The Bertz CT molecular complexity index is 2970. The minimum Gasteiger partial charge on any atom is -0.481 e. The molecule has 0 saturated carbocycles. The van der Waals surface area contributed by atoms with E-state index in [1.54, 1.807) is 61.1 Å². The van der Waals surface area contributed by atoms with Crippen LogP contribution in [0.3, 0.4) is 0 Å². The number of hydrogen-bond donors (Lipinski definition) is 5. The van der Waals surface area contributed by atoms with Gasteiger partial charge < -0.3 is 31.1 Å². The van der Waals surface area contributed by atoms with E-state index in [4.69, 9.17) is 4.99 Å². The summed E-state index contributed by atoms with van der Waals surface area (Å²) in [6.45, 7) is 14.6. The molecule has 0 aliphatic carbocycles. The lowest BCUT2D eigenvalue weighted by Gasteiger charge is -2.35. The summed E-state index contributed by atoms with van der Waals surface area (Å²) in [6, 6.07) is 19.4. The van der Waals surface area contributed by atoms with Gasteiger partial charge >= 0.3 is 5.97 Å². The molecule has 3 aromatic carbocycles. The number of likely N-dealkylation sites (tertiary alicyclic amines) is 1. The van der Waals surface area contributed by atoms with Crippen molar-refractivity contribution in [2.45, 2.75) is 98.5 Å². The number of aliphatic hydroxyl groups is 1. The summed E-state index contributed by atoms with van der Waals surface area (Å²) in [7, 11) is 0. The molecule has 358 valence electrons. The predicted molar refractivity (Wildman–Crippen MR) is 265 cm³/mol. The first kappa shape index (κ1) is 48.6. The molecule has 4 amide bonds. The number of β-amino-alcohol motifs (C(OH)–C–C–N with tert-alkyl or cyclic N) is 1. The number of aryl methyl sites for hydroxylation is 3. The summed E-state index contributed by atoms with van der Waals surface area (Å²) in [6.07, 6.45) is -1.12. The molecule has 1 fully saturated rings. The number of carboxylic acids is 1. The molecule has 1 saturated heterocycles. The number of rotatable bonds is 13. The van der Waals surface area contributed by atoms with Crippen molar-refractivity contribution in [3.63, 3.8) is 0 Å². The van der Waals surface area contributed by atoms with Crippen LogP contribution in [0.5, 0.6) is 0 Å². The summed E-state index contributed by atoms with van der Waals surface area (Å²) < 4.78 is 1.92. The normalized spacial score (nSPS) is 17.5. The molecule has 0 unspecified atom stereocenters. The van der Waals surface area contributed by atoms with Crippen LogP contribution < -0.4 is 16.0 Å². The van der Waals surface area contributed by atoms with E-state index >= 15 is 0 Å². The average Bonchev–Trinajstić information content (AvgIpc) is 4.09. The van der Waals surface area contributed by atoms with Gasteiger partial charge in [-0.25, -0.2) is 4.98 Å². The van der Waals surface area contributed by atoms with Gasteiger partial charge in [0.1, 0.15) is 29.0 Å². The fraction of sp³-hybridized carbons (Fsp3) is 0.353. The maximum absolute atomic E-state index is 14.2. The number of carboxylic acid groups (broad SMARTS) is 1. The van der Waals surface area contributed by atoms with Gasteiger partial charge in [0.25, 0.3) is 5.91 Å².